The Morgan fingerprint density at radius 1 is 1.16 bits per heavy atom. The number of amides is 1. The second-order valence-corrected chi connectivity index (χ2v) is 7.48. The Morgan fingerprint density at radius 3 is 2.72 bits per heavy atom. The van der Waals surface area contributed by atoms with Gasteiger partial charge in [-0.3, -0.25) is 4.79 Å². The zero-order valence-corrected chi connectivity index (χ0v) is 15.7. The summed E-state index contributed by atoms with van der Waals surface area (Å²) >= 11 is 3.13. The molecule has 1 aromatic heterocycles. The molecule has 25 heavy (non-hydrogen) atoms. The molecule has 0 fully saturated rings. The third kappa shape index (κ3) is 4.81. The standard InChI is InChI=1S/C19H20N2O2S2/c1-23-12-11-21-16-9-5-6-10-17(16)25-19(21)20-18(22)14-24-13-15-7-3-2-4-8-15/h2-10H,11-14H2,1H3. The summed E-state index contributed by atoms with van der Waals surface area (Å²) in [6, 6.07) is 18.3. The summed E-state index contributed by atoms with van der Waals surface area (Å²) in [5.41, 5.74) is 2.31. The van der Waals surface area contributed by atoms with Gasteiger partial charge >= 0.3 is 0 Å². The number of nitrogens with zero attached hydrogens (tertiary/aromatic N) is 2. The van der Waals surface area contributed by atoms with Crippen LogP contribution in [-0.4, -0.2) is 29.9 Å². The number of methoxy groups -OCH3 is 1. The molecule has 0 atom stereocenters. The first-order valence-electron chi connectivity index (χ1n) is 8.04. The quantitative estimate of drug-likeness (QED) is 0.635. The summed E-state index contributed by atoms with van der Waals surface area (Å²) in [6.07, 6.45) is 0. The fourth-order valence-corrected chi connectivity index (χ4v) is 4.32. The van der Waals surface area contributed by atoms with Gasteiger partial charge in [-0.2, -0.15) is 4.99 Å². The highest BCUT2D eigenvalue weighted by molar-refractivity contribution is 7.99. The summed E-state index contributed by atoms with van der Waals surface area (Å²) < 4.78 is 8.38. The number of rotatable bonds is 7. The van der Waals surface area contributed by atoms with Crippen molar-refractivity contribution in [2.45, 2.75) is 12.3 Å². The zero-order chi connectivity index (χ0) is 17.5. The molecule has 0 radical (unpaired) electrons. The first-order chi connectivity index (χ1) is 12.3. The van der Waals surface area contributed by atoms with Crippen molar-refractivity contribution in [1.82, 2.24) is 4.57 Å². The molecule has 0 aliphatic rings. The Kier molecular flexibility index (Phi) is 6.44. The number of carbonyl (C=O) groups is 1. The van der Waals surface area contributed by atoms with E-state index in [0.29, 0.717) is 18.9 Å². The van der Waals surface area contributed by atoms with Gasteiger partial charge in [-0.25, -0.2) is 0 Å². The van der Waals surface area contributed by atoms with Gasteiger partial charge in [-0.15, -0.1) is 11.8 Å². The average molecular weight is 373 g/mol. The van der Waals surface area contributed by atoms with Gasteiger partial charge in [-0.1, -0.05) is 53.8 Å². The van der Waals surface area contributed by atoms with E-state index in [-0.39, 0.29) is 5.91 Å². The number of hydrogen-bond acceptors (Lipinski definition) is 4. The zero-order valence-electron chi connectivity index (χ0n) is 14.1. The van der Waals surface area contributed by atoms with Crippen molar-refractivity contribution < 1.29 is 9.53 Å². The highest BCUT2D eigenvalue weighted by Gasteiger charge is 2.07. The van der Waals surface area contributed by atoms with E-state index in [1.54, 1.807) is 30.2 Å². The van der Waals surface area contributed by atoms with Crippen LogP contribution in [0, 0.1) is 0 Å². The third-order valence-electron chi connectivity index (χ3n) is 3.66. The molecule has 0 aliphatic heterocycles. The van der Waals surface area contributed by atoms with E-state index in [1.165, 1.54) is 5.56 Å². The summed E-state index contributed by atoms with van der Waals surface area (Å²) in [4.78, 5) is 17.4. The Bertz CT molecular complexity index is 900. The van der Waals surface area contributed by atoms with Crippen molar-refractivity contribution in [2.24, 2.45) is 4.99 Å². The van der Waals surface area contributed by atoms with Crippen LogP contribution in [0.2, 0.25) is 0 Å². The van der Waals surface area contributed by atoms with E-state index < -0.39 is 0 Å². The number of hydrogen-bond donors (Lipinski definition) is 0. The molecule has 0 unspecified atom stereocenters. The highest BCUT2D eigenvalue weighted by atomic mass is 32.2. The van der Waals surface area contributed by atoms with Crippen molar-refractivity contribution in [3.05, 3.63) is 65.0 Å². The van der Waals surface area contributed by atoms with Gasteiger partial charge in [-0.05, 0) is 17.7 Å². The maximum Gasteiger partial charge on any atom is 0.258 e. The van der Waals surface area contributed by atoms with E-state index in [1.807, 2.05) is 30.3 Å². The van der Waals surface area contributed by atoms with Crippen LogP contribution in [0.4, 0.5) is 0 Å². The van der Waals surface area contributed by atoms with Gasteiger partial charge in [0.05, 0.1) is 22.6 Å². The second-order valence-electron chi connectivity index (χ2n) is 5.48. The van der Waals surface area contributed by atoms with E-state index in [0.717, 1.165) is 20.8 Å². The van der Waals surface area contributed by atoms with Crippen LogP contribution in [0.1, 0.15) is 5.56 Å². The molecule has 3 aromatic rings. The Morgan fingerprint density at radius 2 is 1.92 bits per heavy atom. The number of para-hydroxylation sites is 1. The van der Waals surface area contributed by atoms with Crippen LogP contribution < -0.4 is 4.80 Å². The Labute approximate surface area is 155 Å². The van der Waals surface area contributed by atoms with Gasteiger partial charge in [0.1, 0.15) is 0 Å². The predicted octanol–water partition coefficient (Wildman–Crippen LogP) is 3.71. The van der Waals surface area contributed by atoms with Crippen molar-refractivity contribution in [3.63, 3.8) is 0 Å². The third-order valence-corrected chi connectivity index (χ3v) is 5.71. The minimum absolute atomic E-state index is 0.0985. The lowest BCUT2D eigenvalue weighted by atomic mass is 10.2. The van der Waals surface area contributed by atoms with Gasteiger partial charge in [0.2, 0.25) is 0 Å². The van der Waals surface area contributed by atoms with Crippen LogP contribution in [0.5, 0.6) is 0 Å². The molecule has 6 heteroatoms. The molecule has 130 valence electrons. The molecule has 0 N–H and O–H groups in total. The molecule has 0 aliphatic carbocycles. The molecule has 1 amide bonds. The van der Waals surface area contributed by atoms with E-state index >= 15 is 0 Å². The smallest absolute Gasteiger partial charge is 0.258 e. The summed E-state index contributed by atoms with van der Waals surface area (Å²) in [5.74, 6) is 1.10. The Balaban J connectivity index is 1.74. The van der Waals surface area contributed by atoms with Crippen molar-refractivity contribution >= 4 is 39.2 Å². The van der Waals surface area contributed by atoms with Gasteiger partial charge < -0.3 is 9.30 Å². The molecule has 3 rings (SSSR count). The molecule has 4 nitrogen and oxygen atoms in total. The normalized spacial score (nSPS) is 12.0. The van der Waals surface area contributed by atoms with Gasteiger partial charge in [0, 0.05) is 19.4 Å². The molecular formula is C19H20N2O2S2. The topological polar surface area (TPSA) is 43.6 Å². The minimum atomic E-state index is -0.0985. The largest absolute Gasteiger partial charge is 0.383 e. The first-order valence-corrected chi connectivity index (χ1v) is 10.0. The maximum absolute atomic E-state index is 12.3. The number of benzene rings is 2. The molecule has 0 spiro atoms. The molecular weight excluding hydrogens is 352 g/mol. The number of carbonyl (C=O) groups excluding carboxylic acids is 1. The summed E-state index contributed by atoms with van der Waals surface area (Å²) in [7, 11) is 1.68. The first kappa shape index (κ1) is 17.9. The monoisotopic (exact) mass is 372 g/mol. The van der Waals surface area contributed by atoms with Gasteiger partial charge in [0.15, 0.2) is 4.80 Å². The average Bonchev–Trinajstić information content (AvgIpc) is 2.98. The number of fused-ring (bicyclic) bond motifs is 1. The number of thiazole rings is 1. The predicted molar refractivity (Wildman–Crippen MR) is 105 cm³/mol. The number of aromatic nitrogens is 1. The molecule has 1 heterocycles. The fourth-order valence-electron chi connectivity index (χ4n) is 2.47. The van der Waals surface area contributed by atoms with Crippen molar-refractivity contribution in [3.8, 4) is 0 Å². The molecule has 2 aromatic carbocycles. The van der Waals surface area contributed by atoms with Crippen molar-refractivity contribution in [1.29, 1.82) is 0 Å². The molecule has 0 saturated carbocycles. The highest BCUT2D eigenvalue weighted by Crippen LogP contribution is 2.17. The summed E-state index contributed by atoms with van der Waals surface area (Å²) in [5, 5.41) is 0. The van der Waals surface area contributed by atoms with E-state index in [2.05, 4.69) is 33.8 Å². The lowest BCUT2D eigenvalue weighted by molar-refractivity contribution is -0.115. The second kappa shape index (κ2) is 8.99. The molecule has 0 bridgehead atoms. The van der Waals surface area contributed by atoms with Crippen LogP contribution >= 0.6 is 23.1 Å². The maximum atomic E-state index is 12.3. The summed E-state index contributed by atoms with van der Waals surface area (Å²) in [6.45, 7) is 1.27. The Hall–Kier alpha value is -1.89. The SMILES string of the molecule is COCCn1c(=NC(=O)CSCc2ccccc2)sc2ccccc21. The fraction of sp³-hybridized carbons (Fsp3) is 0.263. The number of thioether (sulfide) groups is 1. The van der Waals surface area contributed by atoms with Crippen LogP contribution in [-0.2, 0) is 21.8 Å². The van der Waals surface area contributed by atoms with E-state index in [9.17, 15) is 4.79 Å². The van der Waals surface area contributed by atoms with Crippen LogP contribution in [0.3, 0.4) is 0 Å². The van der Waals surface area contributed by atoms with Crippen LogP contribution in [0.25, 0.3) is 10.2 Å². The minimum Gasteiger partial charge on any atom is -0.383 e. The van der Waals surface area contributed by atoms with Crippen molar-refractivity contribution in [2.75, 3.05) is 19.5 Å². The lowest BCUT2D eigenvalue weighted by Gasteiger charge is -2.04. The molecule has 0 saturated heterocycles. The van der Waals surface area contributed by atoms with E-state index in [4.69, 9.17) is 4.74 Å². The van der Waals surface area contributed by atoms with Crippen LogP contribution in [0.15, 0.2) is 59.6 Å². The number of ether oxygens (including phenoxy) is 1. The van der Waals surface area contributed by atoms with Gasteiger partial charge in [0.25, 0.3) is 5.91 Å². The lowest BCUT2D eigenvalue weighted by Crippen LogP contribution is -2.19.